The Kier molecular flexibility index (Phi) is 4.68. The van der Waals surface area contributed by atoms with Gasteiger partial charge in [-0.3, -0.25) is 4.79 Å². The molecule has 0 bridgehead atoms. The Morgan fingerprint density at radius 1 is 0.710 bits per heavy atom. The zero-order valence-corrected chi connectivity index (χ0v) is 17.3. The molecule has 0 saturated carbocycles. The number of fused-ring (bicyclic) bond motifs is 3. The van der Waals surface area contributed by atoms with Crippen molar-refractivity contribution in [2.24, 2.45) is 0 Å². The van der Waals surface area contributed by atoms with E-state index in [4.69, 9.17) is 9.47 Å². The number of hydrogen-bond acceptors (Lipinski definition) is 3. The van der Waals surface area contributed by atoms with Crippen LogP contribution >= 0.6 is 0 Å². The molecule has 0 aliphatic carbocycles. The van der Waals surface area contributed by atoms with Crippen LogP contribution in [0.5, 0.6) is 11.5 Å². The summed E-state index contributed by atoms with van der Waals surface area (Å²) in [4.78, 5) is 13.4. The molecule has 4 nitrogen and oxygen atoms in total. The van der Waals surface area contributed by atoms with Gasteiger partial charge in [0.15, 0.2) is 17.3 Å². The summed E-state index contributed by atoms with van der Waals surface area (Å²) in [7, 11) is 3.27. The van der Waals surface area contributed by atoms with E-state index in [2.05, 4.69) is 16.7 Å². The minimum Gasteiger partial charge on any atom is -0.493 e. The van der Waals surface area contributed by atoms with E-state index in [1.165, 1.54) is 0 Å². The second kappa shape index (κ2) is 7.65. The molecular formula is C27H21NO3. The number of methoxy groups -OCH3 is 2. The third-order valence-electron chi connectivity index (χ3n) is 5.60. The Bertz CT molecular complexity index is 1420. The molecule has 5 aromatic rings. The van der Waals surface area contributed by atoms with E-state index >= 15 is 0 Å². The molecule has 31 heavy (non-hydrogen) atoms. The number of benzene rings is 4. The van der Waals surface area contributed by atoms with Gasteiger partial charge in [-0.25, -0.2) is 0 Å². The first kappa shape index (κ1) is 18.9. The summed E-state index contributed by atoms with van der Waals surface area (Å²) in [6.07, 6.45) is 0. The molecule has 0 N–H and O–H groups in total. The number of carbonyl (C=O) groups excluding carboxylic acids is 1. The van der Waals surface area contributed by atoms with Gasteiger partial charge in [0.2, 0.25) is 0 Å². The largest absolute Gasteiger partial charge is 0.493 e. The van der Waals surface area contributed by atoms with Crippen LogP contribution in [0.2, 0.25) is 0 Å². The van der Waals surface area contributed by atoms with Crippen LogP contribution in [0.3, 0.4) is 0 Å². The van der Waals surface area contributed by atoms with Gasteiger partial charge >= 0.3 is 0 Å². The molecule has 0 atom stereocenters. The van der Waals surface area contributed by atoms with Crippen molar-refractivity contribution in [2.45, 2.75) is 0 Å². The summed E-state index contributed by atoms with van der Waals surface area (Å²) in [5.41, 5.74) is 3.95. The fourth-order valence-corrected chi connectivity index (χ4v) is 4.22. The molecule has 0 amide bonds. The van der Waals surface area contributed by atoms with Crippen LogP contribution in [0.15, 0.2) is 91.0 Å². The molecule has 0 aliphatic heterocycles. The smallest absolute Gasteiger partial charge is 0.195 e. The number of carbonyl (C=O) groups is 1. The summed E-state index contributed by atoms with van der Waals surface area (Å²) >= 11 is 0. The van der Waals surface area contributed by atoms with Gasteiger partial charge in [0, 0.05) is 21.9 Å². The summed E-state index contributed by atoms with van der Waals surface area (Å²) < 4.78 is 13.5. The molecule has 4 aromatic carbocycles. The van der Waals surface area contributed by atoms with Crippen LogP contribution in [-0.4, -0.2) is 24.6 Å². The number of rotatable bonds is 5. The first-order valence-corrected chi connectivity index (χ1v) is 10.1. The highest BCUT2D eigenvalue weighted by molar-refractivity contribution is 6.15. The van der Waals surface area contributed by atoms with E-state index in [1.807, 2.05) is 78.9 Å². The Morgan fingerprint density at radius 2 is 1.42 bits per heavy atom. The van der Waals surface area contributed by atoms with Crippen molar-refractivity contribution in [1.29, 1.82) is 0 Å². The molecule has 0 spiro atoms. The fraction of sp³-hybridized carbons (Fsp3) is 0.0741. The van der Waals surface area contributed by atoms with Gasteiger partial charge in [-0.2, -0.15) is 0 Å². The molecule has 0 unspecified atom stereocenters. The van der Waals surface area contributed by atoms with E-state index in [-0.39, 0.29) is 5.78 Å². The van der Waals surface area contributed by atoms with E-state index in [9.17, 15) is 4.79 Å². The lowest BCUT2D eigenvalue weighted by molar-refractivity contribution is 0.103. The predicted octanol–water partition coefficient (Wildman–Crippen LogP) is 6.03. The van der Waals surface area contributed by atoms with Crippen LogP contribution in [0.4, 0.5) is 0 Å². The number of ether oxygens (including phenoxy) is 2. The molecule has 152 valence electrons. The third kappa shape index (κ3) is 2.96. The standard InChI is InChI=1S/C27H21NO3/c1-30-24-17-16-20-19-12-6-8-14-22(19)28(25(20)27(24)31-2)23-15-9-7-13-21(23)26(29)18-10-4-3-5-11-18/h3-17H,1-2H3. The van der Waals surface area contributed by atoms with Gasteiger partial charge in [-0.15, -0.1) is 0 Å². The molecule has 1 aromatic heterocycles. The molecule has 0 fully saturated rings. The van der Waals surface area contributed by atoms with Gasteiger partial charge in [0.1, 0.15) is 5.52 Å². The quantitative estimate of drug-likeness (QED) is 0.334. The molecular weight excluding hydrogens is 386 g/mol. The van der Waals surface area contributed by atoms with Crippen LogP contribution in [0, 0.1) is 0 Å². The second-order valence-corrected chi connectivity index (χ2v) is 7.26. The summed E-state index contributed by atoms with van der Waals surface area (Å²) in [5, 5.41) is 2.12. The minimum absolute atomic E-state index is 0.0241. The lowest BCUT2D eigenvalue weighted by Gasteiger charge is -2.16. The summed E-state index contributed by atoms with van der Waals surface area (Å²) in [6, 6.07) is 29.2. The molecule has 0 radical (unpaired) electrons. The van der Waals surface area contributed by atoms with Crippen LogP contribution in [0.1, 0.15) is 15.9 Å². The van der Waals surface area contributed by atoms with E-state index in [1.54, 1.807) is 14.2 Å². The lowest BCUT2D eigenvalue weighted by Crippen LogP contribution is -2.08. The average Bonchev–Trinajstić information content (AvgIpc) is 3.17. The van der Waals surface area contributed by atoms with Crippen molar-refractivity contribution in [3.05, 3.63) is 102 Å². The highest BCUT2D eigenvalue weighted by Crippen LogP contribution is 2.42. The predicted molar refractivity (Wildman–Crippen MR) is 124 cm³/mol. The van der Waals surface area contributed by atoms with Crippen molar-refractivity contribution in [3.63, 3.8) is 0 Å². The number of nitrogens with zero attached hydrogens (tertiary/aromatic N) is 1. The SMILES string of the molecule is COc1ccc2c3ccccc3n(-c3ccccc3C(=O)c3ccccc3)c2c1OC. The van der Waals surface area contributed by atoms with Crippen molar-refractivity contribution in [1.82, 2.24) is 4.57 Å². The Morgan fingerprint density at radius 3 is 2.19 bits per heavy atom. The van der Waals surface area contributed by atoms with Crippen LogP contribution < -0.4 is 9.47 Å². The molecule has 0 aliphatic rings. The number of aromatic nitrogens is 1. The fourth-order valence-electron chi connectivity index (χ4n) is 4.22. The average molecular weight is 407 g/mol. The van der Waals surface area contributed by atoms with Gasteiger partial charge in [0.05, 0.1) is 25.4 Å². The van der Waals surface area contributed by atoms with Gasteiger partial charge in [-0.05, 0) is 30.3 Å². The first-order valence-electron chi connectivity index (χ1n) is 10.1. The van der Waals surface area contributed by atoms with Gasteiger partial charge in [0.25, 0.3) is 0 Å². The molecule has 1 heterocycles. The minimum atomic E-state index is -0.0241. The van der Waals surface area contributed by atoms with Gasteiger partial charge in [-0.1, -0.05) is 60.7 Å². The van der Waals surface area contributed by atoms with E-state index < -0.39 is 0 Å². The van der Waals surface area contributed by atoms with E-state index in [0.717, 1.165) is 27.5 Å². The van der Waals surface area contributed by atoms with Crippen molar-refractivity contribution in [3.8, 4) is 17.2 Å². The molecule has 0 saturated heterocycles. The molecule has 4 heteroatoms. The Labute approximate surface area is 180 Å². The Balaban J connectivity index is 1.89. The topological polar surface area (TPSA) is 40.5 Å². The lowest BCUT2D eigenvalue weighted by atomic mass is 10.0. The molecule has 5 rings (SSSR count). The maximum Gasteiger partial charge on any atom is 0.195 e. The van der Waals surface area contributed by atoms with E-state index in [0.29, 0.717) is 22.6 Å². The highest BCUT2D eigenvalue weighted by Gasteiger charge is 2.22. The van der Waals surface area contributed by atoms with Crippen molar-refractivity contribution >= 4 is 27.6 Å². The third-order valence-corrected chi connectivity index (χ3v) is 5.60. The normalized spacial score (nSPS) is 11.0. The van der Waals surface area contributed by atoms with Crippen LogP contribution in [-0.2, 0) is 0 Å². The highest BCUT2D eigenvalue weighted by atomic mass is 16.5. The number of para-hydroxylation sites is 2. The van der Waals surface area contributed by atoms with Crippen molar-refractivity contribution < 1.29 is 14.3 Å². The Hall–Kier alpha value is -4.05. The second-order valence-electron chi connectivity index (χ2n) is 7.26. The maximum atomic E-state index is 13.4. The van der Waals surface area contributed by atoms with Crippen LogP contribution in [0.25, 0.3) is 27.5 Å². The number of ketones is 1. The maximum absolute atomic E-state index is 13.4. The zero-order valence-electron chi connectivity index (χ0n) is 17.3. The van der Waals surface area contributed by atoms with Gasteiger partial charge < -0.3 is 14.0 Å². The zero-order chi connectivity index (χ0) is 21.4. The van der Waals surface area contributed by atoms with Crippen molar-refractivity contribution in [2.75, 3.05) is 14.2 Å². The monoisotopic (exact) mass is 407 g/mol. The number of hydrogen-bond donors (Lipinski definition) is 0. The summed E-state index contributed by atoms with van der Waals surface area (Å²) in [5.74, 6) is 1.26. The summed E-state index contributed by atoms with van der Waals surface area (Å²) in [6.45, 7) is 0. The first-order chi connectivity index (χ1) is 15.2.